The molecule has 7 nitrogen and oxygen atoms in total. The molecule has 0 bridgehead atoms. The molecule has 2 heterocycles. The highest BCUT2D eigenvalue weighted by molar-refractivity contribution is 5.10. The second kappa shape index (κ2) is 3.93. The quantitative estimate of drug-likeness (QED) is 0.774. The van der Waals surface area contributed by atoms with E-state index in [4.69, 9.17) is 4.42 Å². The normalized spacial score (nSPS) is 12.6. The minimum absolute atomic E-state index is 0.284. The minimum atomic E-state index is -0.710. The lowest BCUT2D eigenvalue weighted by molar-refractivity contribution is 0.351. The van der Waals surface area contributed by atoms with Crippen LogP contribution in [0.3, 0.4) is 0 Å². The molecule has 2 rings (SSSR count). The fraction of sp³-hybridized carbons (Fsp3) is 0.300. The van der Waals surface area contributed by atoms with Crippen molar-refractivity contribution in [2.24, 2.45) is 0 Å². The molecular weight excluding hydrogens is 226 g/mol. The van der Waals surface area contributed by atoms with Crippen molar-refractivity contribution in [1.82, 2.24) is 14.5 Å². The van der Waals surface area contributed by atoms with Crippen molar-refractivity contribution in [3.05, 3.63) is 44.8 Å². The van der Waals surface area contributed by atoms with Gasteiger partial charge in [-0.15, -0.1) is 0 Å². The molecule has 0 aliphatic rings. The highest BCUT2D eigenvalue weighted by atomic mass is 16.4. The molecular formula is C10H11N3O4. The van der Waals surface area contributed by atoms with Crippen LogP contribution in [-0.2, 0) is 0 Å². The third-order valence-corrected chi connectivity index (χ3v) is 2.34. The van der Waals surface area contributed by atoms with Crippen LogP contribution in [0.4, 0.5) is 0 Å². The molecule has 0 aliphatic carbocycles. The van der Waals surface area contributed by atoms with E-state index in [1.54, 1.807) is 13.8 Å². The first-order valence-corrected chi connectivity index (χ1v) is 4.96. The predicted octanol–water partition coefficient (Wildman–Crippen LogP) is 0.148. The van der Waals surface area contributed by atoms with Gasteiger partial charge in [-0.2, -0.15) is 0 Å². The molecule has 2 aromatic rings. The van der Waals surface area contributed by atoms with Crippen molar-refractivity contribution in [1.29, 1.82) is 0 Å². The van der Waals surface area contributed by atoms with Crippen molar-refractivity contribution in [2.75, 3.05) is 0 Å². The molecule has 7 heteroatoms. The number of oxazole rings is 1. The van der Waals surface area contributed by atoms with E-state index in [0.717, 1.165) is 10.6 Å². The molecule has 2 aromatic heterocycles. The molecule has 0 saturated carbocycles. The van der Waals surface area contributed by atoms with Gasteiger partial charge in [-0.25, -0.2) is 9.78 Å². The molecule has 0 amide bonds. The third kappa shape index (κ3) is 1.99. The summed E-state index contributed by atoms with van der Waals surface area (Å²) < 4.78 is 6.26. The number of aromatic amines is 1. The number of nitrogens with zero attached hydrogens (tertiary/aromatic N) is 2. The summed E-state index contributed by atoms with van der Waals surface area (Å²) in [4.78, 5) is 28.5. The lowest BCUT2D eigenvalue weighted by Gasteiger charge is -2.12. The van der Waals surface area contributed by atoms with E-state index in [2.05, 4.69) is 9.97 Å². The molecule has 0 saturated heterocycles. The van der Waals surface area contributed by atoms with E-state index >= 15 is 0 Å². The van der Waals surface area contributed by atoms with Gasteiger partial charge in [0.05, 0.1) is 12.3 Å². The van der Waals surface area contributed by atoms with Crippen LogP contribution in [0.2, 0.25) is 0 Å². The van der Waals surface area contributed by atoms with Crippen LogP contribution in [0.25, 0.3) is 0 Å². The van der Waals surface area contributed by atoms with Crippen LogP contribution >= 0.6 is 0 Å². The maximum atomic E-state index is 11.6. The molecule has 0 aliphatic heterocycles. The first-order chi connectivity index (χ1) is 7.99. The summed E-state index contributed by atoms with van der Waals surface area (Å²) in [5, 5.41) is 9.58. The number of H-pyrrole nitrogens is 1. The number of aryl methyl sites for hydroxylation is 1. The van der Waals surface area contributed by atoms with E-state index in [0.29, 0.717) is 5.76 Å². The van der Waals surface area contributed by atoms with Gasteiger partial charge in [0, 0.05) is 0 Å². The highest BCUT2D eigenvalue weighted by Gasteiger charge is 2.18. The summed E-state index contributed by atoms with van der Waals surface area (Å²) in [7, 11) is 0. The molecule has 0 spiro atoms. The van der Waals surface area contributed by atoms with E-state index in [9.17, 15) is 14.7 Å². The molecule has 1 atom stereocenters. The second-order valence-corrected chi connectivity index (χ2v) is 3.65. The zero-order valence-corrected chi connectivity index (χ0v) is 9.30. The Hall–Kier alpha value is -2.31. The van der Waals surface area contributed by atoms with Gasteiger partial charge in [-0.05, 0) is 13.8 Å². The fourth-order valence-electron chi connectivity index (χ4n) is 1.54. The van der Waals surface area contributed by atoms with E-state index in [1.807, 2.05) is 0 Å². The van der Waals surface area contributed by atoms with Gasteiger partial charge < -0.3 is 9.52 Å². The number of aromatic nitrogens is 3. The van der Waals surface area contributed by atoms with Crippen LogP contribution < -0.4 is 11.2 Å². The van der Waals surface area contributed by atoms with Gasteiger partial charge in [-0.3, -0.25) is 14.3 Å². The summed E-state index contributed by atoms with van der Waals surface area (Å²) in [6.45, 7) is 3.35. The standard InChI is InChI=1S/C10H11N3O4/c1-5-4-11-9(17-5)6(2)13-8(15)3-7(14)12-10(13)16/h3-4,6,15H,1-2H3,(H,12,14,16). The maximum absolute atomic E-state index is 11.6. The molecule has 0 aromatic carbocycles. The van der Waals surface area contributed by atoms with Crippen LogP contribution in [0.5, 0.6) is 5.88 Å². The van der Waals surface area contributed by atoms with Crippen molar-refractivity contribution in [3.8, 4) is 5.88 Å². The maximum Gasteiger partial charge on any atom is 0.331 e. The Morgan fingerprint density at radius 3 is 2.76 bits per heavy atom. The van der Waals surface area contributed by atoms with E-state index in [-0.39, 0.29) is 5.89 Å². The summed E-state index contributed by atoms with van der Waals surface area (Å²) in [6.07, 6.45) is 1.51. The number of nitrogens with one attached hydrogen (secondary N) is 1. The monoisotopic (exact) mass is 237 g/mol. The number of rotatable bonds is 2. The summed E-state index contributed by atoms with van der Waals surface area (Å²) in [5.41, 5.74) is -1.36. The van der Waals surface area contributed by atoms with Crippen LogP contribution in [0, 0.1) is 6.92 Å². The van der Waals surface area contributed by atoms with Crippen molar-refractivity contribution >= 4 is 0 Å². The zero-order chi connectivity index (χ0) is 12.6. The van der Waals surface area contributed by atoms with Crippen molar-refractivity contribution in [3.63, 3.8) is 0 Å². The average Bonchev–Trinajstić information content (AvgIpc) is 2.63. The topological polar surface area (TPSA) is 101 Å². The van der Waals surface area contributed by atoms with Gasteiger partial charge in [-0.1, -0.05) is 0 Å². The summed E-state index contributed by atoms with van der Waals surface area (Å²) in [5.74, 6) is 0.456. The Balaban J connectivity index is 2.55. The molecule has 1 unspecified atom stereocenters. The van der Waals surface area contributed by atoms with Crippen LogP contribution in [0.1, 0.15) is 24.6 Å². The van der Waals surface area contributed by atoms with Crippen molar-refractivity contribution < 1.29 is 9.52 Å². The molecule has 0 radical (unpaired) electrons. The number of hydrogen-bond acceptors (Lipinski definition) is 5. The summed E-state index contributed by atoms with van der Waals surface area (Å²) in [6, 6.07) is 0.321. The Morgan fingerprint density at radius 1 is 1.53 bits per heavy atom. The molecule has 2 N–H and O–H groups in total. The Bertz CT molecular complexity index is 652. The fourth-order valence-corrected chi connectivity index (χ4v) is 1.54. The first-order valence-electron chi connectivity index (χ1n) is 4.96. The number of aromatic hydroxyl groups is 1. The lowest BCUT2D eigenvalue weighted by Crippen LogP contribution is -2.31. The van der Waals surface area contributed by atoms with Crippen molar-refractivity contribution in [2.45, 2.75) is 19.9 Å². The van der Waals surface area contributed by atoms with Crippen LogP contribution in [0.15, 0.2) is 26.3 Å². The third-order valence-electron chi connectivity index (χ3n) is 2.34. The summed E-state index contributed by atoms with van der Waals surface area (Å²) >= 11 is 0. The Morgan fingerprint density at radius 2 is 2.24 bits per heavy atom. The first kappa shape index (κ1) is 11.2. The van der Waals surface area contributed by atoms with E-state index in [1.165, 1.54) is 6.20 Å². The van der Waals surface area contributed by atoms with Crippen LogP contribution in [-0.4, -0.2) is 19.6 Å². The minimum Gasteiger partial charge on any atom is -0.494 e. The zero-order valence-electron chi connectivity index (χ0n) is 9.30. The second-order valence-electron chi connectivity index (χ2n) is 3.65. The van der Waals surface area contributed by atoms with Gasteiger partial charge in [0.2, 0.25) is 11.8 Å². The van der Waals surface area contributed by atoms with E-state index < -0.39 is 23.2 Å². The predicted molar refractivity (Wildman–Crippen MR) is 58.0 cm³/mol. The smallest absolute Gasteiger partial charge is 0.331 e. The molecule has 17 heavy (non-hydrogen) atoms. The molecule has 90 valence electrons. The van der Waals surface area contributed by atoms with Gasteiger partial charge >= 0.3 is 5.69 Å². The number of hydrogen-bond donors (Lipinski definition) is 2. The highest BCUT2D eigenvalue weighted by Crippen LogP contribution is 2.19. The average molecular weight is 237 g/mol. The SMILES string of the molecule is Cc1cnc(C(C)n2c(O)cc(=O)[nH]c2=O)o1. The van der Waals surface area contributed by atoms with Gasteiger partial charge in [0.25, 0.3) is 5.56 Å². The van der Waals surface area contributed by atoms with Gasteiger partial charge in [0.15, 0.2) is 0 Å². The molecule has 0 fully saturated rings. The Labute approximate surface area is 95.4 Å². The lowest BCUT2D eigenvalue weighted by atomic mass is 10.3. The Kier molecular flexibility index (Phi) is 2.58. The van der Waals surface area contributed by atoms with Gasteiger partial charge in [0.1, 0.15) is 11.8 Å². The largest absolute Gasteiger partial charge is 0.494 e.